The molecule has 0 aromatic carbocycles. The van der Waals surface area contributed by atoms with E-state index in [-0.39, 0.29) is 5.78 Å². The van der Waals surface area contributed by atoms with E-state index in [4.69, 9.17) is 10.5 Å². The van der Waals surface area contributed by atoms with Crippen molar-refractivity contribution in [2.75, 3.05) is 0 Å². The number of carbonyl (C=O) groups excluding carboxylic acids is 1. The summed E-state index contributed by atoms with van der Waals surface area (Å²) in [5.74, 6) is -0.981. The largest absolute Gasteiger partial charge is 0.299 e. The van der Waals surface area contributed by atoms with E-state index in [0.717, 1.165) is 0 Å². The maximum Gasteiger partial charge on any atom is 0.145 e. The van der Waals surface area contributed by atoms with Crippen LogP contribution in [0.2, 0.25) is 0 Å². The van der Waals surface area contributed by atoms with Crippen LogP contribution in [0.15, 0.2) is 0 Å². The molecule has 3 heteroatoms. The van der Waals surface area contributed by atoms with Crippen LogP contribution in [0.1, 0.15) is 20.8 Å². The summed E-state index contributed by atoms with van der Waals surface area (Å²) in [6, 6.07) is 3.58. The lowest BCUT2D eigenvalue weighted by molar-refractivity contribution is -0.125. The van der Waals surface area contributed by atoms with Crippen LogP contribution in [0.5, 0.6) is 0 Å². The van der Waals surface area contributed by atoms with Gasteiger partial charge in [0.2, 0.25) is 0 Å². The number of rotatable bonds is 2. The first-order valence-corrected chi connectivity index (χ1v) is 3.27. The summed E-state index contributed by atoms with van der Waals surface area (Å²) < 4.78 is 0. The average Bonchev–Trinajstić information content (AvgIpc) is 1.89. The molecule has 0 spiro atoms. The zero-order chi connectivity index (χ0) is 9.07. The highest BCUT2D eigenvalue weighted by atomic mass is 16.1. The Morgan fingerprint density at radius 1 is 1.36 bits per heavy atom. The summed E-state index contributed by atoms with van der Waals surface area (Å²) in [5, 5.41) is 17.0. The molecule has 0 saturated carbocycles. The van der Waals surface area contributed by atoms with Gasteiger partial charge in [0, 0.05) is 0 Å². The number of hydrogen-bond donors (Lipinski definition) is 0. The highest BCUT2D eigenvalue weighted by Crippen LogP contribution is 2.26. The number of ketones is 1. The van der Waals surface area contributed by atoms with Gasteiger partial charge in [0.25, 0.3) is 0 Å². The normalized spacial score (nSPS) is 10.4. The van der Waals surface area contributed by atoms with Crippen molar-refractivity contribution in [3.63, 3.8) is 0 Å². The van der Waals surface area contributed by atoms with Crippen LogP contribution in [0, 0.1) is 34.0 Å². The Morgan fingerprint density at radius 2 is 1.73 bits per heavy atom. The summed E-state index contributed by atoms with van der Waals surface area (Å²) in [6.45, 7) is 4.60. The second-order valence-electron chi connectivity index (χ2n) is 2.97. The molecule has 0 atom stereocenters. The van der Waals surface area contributed by atoms with Gasteiger partial charge in [0.15, 0.2) is 0 Å². The quantitative estimate of drug-likeness (QED) is 0.595. The Kier molecular flexibility index (Phi) is 2.78. The molecule has 0 aliphatic carbocycles. The lowest BCUT2D eigenvalue weighted by atomic mass is 9.77. The second-order valence-corrected chi connectivity index (χ2v) is 2.97. The minimum Gasteiger partial charge on any atom is -0.299 e. The fraction of sp³-hybridized carbons (Fsp3) is 0.625. The second kappa shape index (κ2) is 3.16. The van der Waals surface area contributed by atoms with E-state index < -0.39 is 11.3 Å². The standard InChI is InChI=1S/C8H10N2O/c1-6(11)8(2,3)7(4-9)5-10/h7H,1-3H3. The first-order valence-electron chi connectivity index (χ1n) is 3.27. The average molecular weight is 150 g/mol. The van der Waals surface area contributed by atoms with E-state index in [1.54, 1.807) is 26.0 Å². The number of nitrogens with zero attached hydrogens (tertiary/aromatic N) is 2. The molecular formula is C8H10N2O. The zero-order valence-corrected chi connectivity index (χ0v) is 6.88. The number of Topliss-reactive ketones (excluding diaryl/α,β-unsaturated/α-hetero) is 1. The van der Waals surface area contributed by atoms with Crippen molar-refractivity contribution < 1.29 is 4.79 Å². The number of nitriles is 2. The van der Waals surface area contributed by atoms with Crippen molar-refractivity contribution in [2.45, 2.75) is 20.8 Å². The van der Waals surface area contributed by atoms with Crippen molar-refractivity contribution in [1.29, 1.82) is 10.5 Å². The SMILES string of the molecule is CC(=O)C(C)(C)C(C#N)C#N. The molecule has 11 heavy (non-hydrogen) atoms. The van der Waals surface area contributed by atoms with Crippen LogP contribution in [0.4, 0.5) is 0 Å². The first kappa shape index (κ1) is 9.65. The summed E-state index contributed by atoms with van der Waals surface area (Å²) in [7, 11) is 0. The molecule has 0 fully saturated rings. The summed E-state index contributed by atoms with van der Waals surface area (Å²) in [5.41, 5.74) is -0.844. The minimum atomic E-state index is -0.847. The molecule has 58 valence electrons. The first-order chi connectivity index (χ1) is 4.96. The molecule has 0 radical (unpaired) electrons. The highest BCUT2D eigenvalue weighted by molar-refractivity contribution is 5.82. The van der Waals surface area contributed by atoms with Crippen LogP contribution in [-0.2, 0) is 4.79 Å². The Bertz CT molecular complexity index is 228. The maximum absolute atomic E-state index is 10.9. The molecular weight excluding hydrogens is 140 g/mol. The maximum atomic E-state index is 10.9. The number of carbonyl (C=O) groups is 1. The fourth-order valence-corrected chi connectivity index (χ4v) is 0.555. The third-order valence-electron chi connectivity index (χ3n) is 1.89. The fourth-order valence-electron chi connectivity index (χ4n) is 0.555. The van der Waals surface area contributed by atoms with E-state index in [1.807, 2.05) is 0 Å². The van der Waals surface area contributed by atoms with E-state index in [1.165, 1.54) is 6.92 Å². The van der Waals surface area contributed by atoms with Crippen molar-refractivity contribution >= 4 is 5.78 Å². The van der Waals surface area contributed by atoms with Crippen molar-refractivity contribution in [1.82, 2.24) is 0 Å². The minimum absolute atomic E-state index is 0.134. The number of hydrogen-bond acceptors (Lipinski definition) is 3. The third-order valence-corrected chi connectivity index (χ3v) is 1.89. The third kappa shape index (κ3) is 1.78. The molecule has 0 amide bonds. The van der Waals surface area contributed by atoms with Gasteiger partial charge in [0.1, 0.15) is 11.7 Å². The summed E-state index contributed by atoms with van der Waals surface area (Å²) in [6.07, 6.45) is 0. The lowest BCUT2D eigenvalue weighted by Gasteiger charge is -2.20. The van der Waals surface area contributed by atoms with E-state index >= 15 is 0 Å². The van der Waals surface area contributed by atoms with E-state index in [2.05, 4.69) is 0 Å². The van der Waals surface area contributed by atoms with Crippen molar-refractivity contribution in [3.05, 3.63) is 0 Å². The molecule has 0 heterocycles. The molecule has 0 saturated heterocycles. The Balaban J connectivity index is 4.72. The molecule has 0 rings (SSSR count). The van der Waals surface area contributed by atoms with Gasteiger partial charge in [-0.1, -0.05) is 13.8 Å². The Morgan fingerprint density at radius 3 is 1.82 bits per heavy atom. The molecule has 0 aliphatic rings. The van der Waals surface area contributed by atoms with Crippen LogP contribution in [0.25, 0.3) is 0 Å². The predicted octanol–water partition coefficient (Wildman–Crippen LogP) is 1.26. The van der Waals surface area contributed by atoms with Gasteiger partial charge >= 0.3 is 0 Å². The molecule has 0 aliphatic heterocycles. The van der Waals surface area contributed by atoms with Gasteiger partial charge in [-0.2, -0.15) is 10.5 Å². The molecule has 0 bridgehead atoms. The van der Waals surface area contributed by atoms with Crippen LogP contribution in [-0.4, -0.2) is 5.78 Å². The Labute approximate surface area is 66.2 Å². The van der Waals surface area contributed by atoms with Crippen molar-refractivity contribution in [3.8, 4) is 12.1 Å². The van der Waals surface area contributed by atoms with Crippen LogP contribution in [0.3, 0.4) is 0 Å². The Hall–Kier alpha value is -1.35. The van der Waals surface area contributed by atoms with Crippen LogP contribution < -0.4 is 0 Å². The summed E-state index contributed by atoms with van der Waals surface area (Å²) in [4.78, 5) is 10.9. The molecule has 0 aromatic heterocycles. The molecule has 3 nitrogen and oxygen atoms in total. The zero-order valence-electron chi connectivity index (χ0n) is 6.88. The summed E-state index contributed by atoms with van der Waals surface area (Å²) >= 11 is 0. The smallest absolute Gasteiger partial charge is 0.145 e. The van der Waals surface area contributed by atoms with Gasteiger partial charge in [0.05, 0.1) is 17.6 Å². The lowest BCUT2D eigenvalue weighted by Crippen LogP contribution is -2.29. The monoisotopic (exact) mass is 150 g/mol. The van der Waals surface area contributed by atoms with E-state index in [9.17, 15) is 4.79 Å². The van der Waals surface area contributed by atoms with Crippen LogP contribution >= 0.6 is 0 Å². The van der Waals surface area contributed by atoms with Gasteiger partial charge in [-0.25, -0.2) is 0 Å². The van der Waals surface area contributed by atoms with Gasteiger partial charge in [-0.3, -0.25) is 4.79 Å². The molecule has 0 N–H and O–H groups in total. The van der Waals surface area contributed by atoms with E-state index in [0.29, 0.717) is 0 Å². The van der Waals surface area contributed by atoms with Gasteiger partial charge in [-0.05, 0) is 6.92 Å². The topological polar surface area (TPSA) is 64.7 Å². The predicted molar refractivity (Wildman–Crippen MR) is 39.2 cm³/mol. The van der Waals surface area contributed by atoms with Gasteiger partial charge < -0.3 is 0 Å². The van der Waals surface area contributed by atoms with Crippen molar-refractivity contribution in [2.24, 2.45) is 11.3 Å². The molecule has 0 aromatic rings. The van der Waals surface area contributed by atoms with Gasteiger partial charge in [-0.15, -0.1) is 0 Å². The highest BCUT2D eigenvalue weighted by Gasteiger charge is 2.34. The molecule has 0 unspecified atom stereocenters.